The van der Waals surface area contributed by atoms with Crippen molar-refractivity contribution in [3.63, 3.8) is 0 Å². The van der Waals surface area contributed by atoms with Crippen LogP contribution < -0.4 is 26.8 Å². The molecule has 1 heteroatoms. The maximum absolute atomic E-state index is 2.55. The Kier molecular flexibility index (Phi) is 4.99. The van der Waals surface area contributed by atoms with E-state index in [9.17, 15) is 0 Å². The van der Waals surface area contributed by atoms with Crippen molar-refractivity contribution in [1.29, 1.82) is 0 Å². The highest BCUT2D eigenvalue weighted by molar-refractivity contribution is 6.98. The lowest BCUT2D eigenvalue weighted by molar-refractivity contribution is 0.878. The van der Waals surface area contributed by atoms with E-state index in [1.807, 2.05) is 0 Å². The summed E-state index contributed by atoms with van der Waals surface area (Å²) in [5.74, 6) is 0.439. The molecule has 1 atom stereocenters. The Labute approximate surface area is 283 Å². The van der Waals surface area contributed by atoms with E-state index in [4.69, 9.17) is 0 Å². The molecule has 224 valence electrons. The second-order valence-electron chi connectivity index (χ2n) is 14.3. The largest absolute Gasteiger partial charge is 0.243 e. The molecule has 0 aromatic heterocycles. The highest BCUT2D eigenvalue weighted by atomic mass is 14.2. The van der Waals surface area contributed by atoms with Gasteiger partial charge in [-0.2, -0.15) is 0 Å². The zero-order valence-corrected chi connectivity index (χ0v) is 26.9. The van der Waals surface area contributed by atoms with Crippen molar-refractivity contribution in [1.82, 2.24) is 0 Å². The highest BCUT2D eigenvalue weighted by Crippen LogP contribution is 2.36. The molecule has 0 spiro atoms. The SMILES string of the molecule is C1=CC2CC=c3c(B(c4ccc5ccc6cccc7ccc4c5c67)c4ccc5ccc6cccc7ccc4c5c67)ccc4ccc(c2c34)=C1. The lowest BCUT2D eigenvalue weighted by atomic mass is 9.35. The molecule has 0 heterocycles. The van der Waals surface area contributed by atoms with Gasteiger partial charge in [-0.1, -0.05) is 174 Å². The van der Waals surface area contributed by atoms with Crippen LogP contribution in [0.5, 0.6) is 0 Å². The average Bonchev–Trinajstić information content (AvgIpc) is 3.16. The smallest absolute Gasteiger partial charge is 0.0766 e. The van der Waals surface area contributed by atoms with Crippen LogP contribution in [0.4, 0.5) is 0 Å². The number of rotatable bonds is 3. The fourth-order valence-electron chi connectivity index (χ4n) is 9.87. The molecule has 0 radical (unpaired) electrons. The summed E-state index contributed by atoms with van der Waals surface area (Å²) in [5, 5.41) is 21.6. The molecule has 0 amide bonds. The molecule has 10 aromatic rings. The zero-order chi connectivity index (χ0) is 31.8. The van der Waals surface area contributed by atoms with Crippen LogP contribution in [0.2, 0.25) is 0 Å². The minimum Gasteiger partial charge on any atom is -0.0766 e. The van der Waals surface area contributed by atoms with Gasteiger partial charge in [0, 0.05) is 5.92 Å². The third-order valence-electron chi connectivity index (χ3n) is 12.0. The van der Waals surface area contributed by atoms with Gasteiger partial charge in [0.1, 0.15) is 0 Å². The van der Waals surface area contributed by atoms with Crippen molar-refractivity contribution in [3.05, 3.63) is 162 Å². The van der Waals surface area contributed by atoms with Gasteiger partial charge in [-0.3, -0.25) is 0 Å². The topological polar surface area (TPSA) is 0 Å². The van der Waals surface area contributed by atoms with E-state index in [2.05, 4.69) is 158 Å². The number of benzene rings is 10. The maximum atomic E-state index is 2.55. The molecule has 0 N–H and O–H groups in total. The molecule has 1 unspecified atom stereocenters. The molecule has 0 nitrogen and oxygen atoms in total. The standard InChI is InChI=1S/C48H29B/c1-4-28-10-13-34-19-25-40(37-22-16-31(7-1)43(28)46(34)37)49(41-26-20-35-14-11-29-5-2-8-32-17-23-38(41)47(35)44(29)32)42-27-21-36-15-12-30-6-3-9-33-18-24-39(42)48(36)45(30)33/h1-17,19-27,33H,18H2. The number of hydrogen-bond acceptors (Lipinski definition) is 0. The minimum absolute atomic E-state index is 0.0419. The summed E-state index contributed by atoms with van der Waals surface area (Å²) < 4.78 is 0. The quantitative estimate of drug-likeness (QED) is 0.138. The maximum Gasteiger partial charge on any atom is 0.243 e. The van der Waals surface area contributed by atoms with Gasteiger partial charge in [-0.25, -0.2) is 0 Å². The monoisotopic (exact) mass is 616 g/mol. The Morgan fingerprint density at radius 1 is 0.429 bits per heavy atom. The van der Waals surface area contributed by atoms with E-state index >= 15 is 0 Å². The fourth-order valence-corrected chi connectivity index (χ4v) is 9.87. The van der Waals surface area contributed by atoms with Crippen LogP contribution in [0.15, 0.2) is 146 Å². The average molecular weight is 617 g/mol. The summed E-state index contributed by atoms with van der Waals surface area (Å²) in [6.07, 6.45) is 10.5. The van der Waals surface area contributed by atoms with E-state index < -0.39 is 0 Å². The van der Waals surface area contributed by atoms with Crippen LogP contribution >= 0.6 is 0 Å². The normalized spacial score (nSPS) is 15.3. The summed E-state index contributed by atoms with van der Waals surface area (Å²) in [4.78, 5) is 0. The molecule has 10 aromatic carbocycles. The Bertz CT molecular complexity index is 3020. The van der Waals surface area contributed by atoms with Gasteiger partial charge < -0.3 is 0 Å². The molecule has 2 aliphatic rings. The first-order valence-corrected chi connectivity index (χ1v) is 17.6. The molecule has 0 aliphatic heterocycles. The van der Waals surface area contributed by atoms with Gasteiger partial charge in [-0.05, 0) is 97.8 Å². The third-order valence-corrected chi connectivity index (χ3v) is 12.0. The van der Waals surface area contributed by atoms with Gasteiger partial charge >= 0.3 is 0 Å². The predicted molar refractivity (Wildman–Crippen MR) is 214 cm³/mol. The number of hydrogen-bond donors (Lipinski definition) is 0. The first-order valence-electron chi connectivity index (χ1n) is 17.6. The van der Waals surface area contributed by atoms with Gasteiger partial charge in [0.25, 0.3) is 0 Å². The van der Waals surface area contributed by atoms with Crippen molar-refractivity contribution in [2.45, 2.75) is 12.3 Å². The second-order valence-corrected chi connectivity index (χ2v) is 14.3. The minimum atomic E-state index is 0.0419. The molecule has 0 bridgehead atoms. The molecule has 0 saturated heterocycles. The van der Waals surface area contributed by atoms with Gasteiger partial charge in [0.05, 0.1) is 0 Å². The zero-order valence-electron chi connectivity index (χ0n) is 26.9. The molecular formula is C48H29B. The van der Waals surface area contributed by atoms with Crippen molar-refractivity contribution in [2.75, 3.05) is 0 Å². The van der Waals surface area contributed by atoms with Gasteiger partial charge in [0.15, 0.2) is 0 Å². The summed E-state index contributed by atoms with van der Waals surface area (Å²) in [5.41, 5.74) is 5.66. The van der Waals surface area contributed by atoms with Crippen LogP contribution in [-0.4, -0.2) is 6.71 Å². The lowest BCUT2D eigenvalue weighted by Gasteiger charge is -2.27. The third kappa shape index (κ3) is 3.40. The van der Waals surface area contributed by atoms with Crippen molar-refractivity contribution < 1.29 is 0 Å². The predicted octanol–water partition coefficient (Wildman–Crippen LogP) is 8.77. The Morgan fingerprint density at radius 3 is 1.49 bits per heavy atom. The van der Waals surface area contributed by atoms with Crippen LogP contribution in [0, 0.1) is 0 Å². The molecule has 2 aliphatic carbocycles. The van der Waals surface area contributed by atoms with Crippen LogP contribution in [0.25, 0.3) is 87.6 Å². The van der Waals surface area contributed by atoms with Crippen molar-refractivity contribution in [2.24, 2.45) is 0 Å². The molecule has 49 heavy (non-hydrogen) atoms. The lowest BCUT2D eigenvalue weighted by Crippen LogP contribution is -2.58. The van der Waals surface area contributed by atoms with Gasteiger partial charge in [-0.15, -0.1) is 0 Å². The van der Waals surface area contributed by atoms with Crippen LogP contribution in [0.3, 0.4) is 0 Å². The molecule has 12 rings (SSSR count). The Balaban J connectivity index is 1.26. The molecule has 0 fully saturated rings. The highest BCUT2D eigenvalue weighted by Gasteiger charge is 2.30. The van der Waals surface area contributed by atoms with E-state index in [-0.39, 0.29) is 6.71 Å². The van der Waals surface area contributed by atoms with E-state index in [0.29, 0.717) is 5.92 Å². The van der Waals surface area contributed by atoms with E-state index in [0.717, 1.165) is 6.42 Å². The van der Waals surface area contributed by atoms with Gasteiger partial charge in [0.2, 0.25) is 6.71 Å². The van der Waals surface area contributed by atoms with Crippen LogP contribution in [0.1, 0.15) is 17.9 Å². The second kappa shape index (κ2) is 9.37. The molecular weight excluding hydrogens is 587 g/mol. The summed E-state index contributed by atoms with van der Waals surface area (Å²) >= 11 is 0. The van der Waals surface area contributed by atoms with Crippen LogP contribution in [-0.2, 0) is 0 Å². The Morgan fingerprint density at radius 2 is 0.898 bits per heavy atom. The first kappa shape index (κ1) is 26.1. The van der Waals surface area contributed by atoms with E-state index in [1.165, 1.54) is 108 Å². The first-order chi connectivity index (χ1) is 24.3. The van der Waals surface area contributed by atoms with Crippen molar-refractivity contribution in [3.8, 4) is 0 Å². The summed E-state index contributed by atoms with van der Waals surface area (Å²) in [6.45, 7) is 0.0419. The molecule has 0 saturated carbocycles. The number of allylic oxidation sites excluding steroid dienone is 2. The van der Waals surface area contributed by atoms with E-state index in [1.54, 1.807) is 0 Å². The fraction of sp³-hybridized carbons (Fsp3) is 0.0417. The summed E-state index contributed by atoms with van der Waals surface area (Å²) in [6, 6.07) is 51.2. The Hall–Kier alpha value is -5.92. The van der Waals surface area contributed by atoms with Crippen molar-refractivity contribution >= 4 is 111 Å². The summed E-state index contributed by atoms with van der Waals surface area (Å²) in [7, 11) is 0.